The lowest BCUT2D eigenvalue weighted by Gasteiger charge is -2.63. The van der Waals surface area contributed by atoms with Crippen molar-refractivity contribution < 1.29 is 28.7 Å². The molecule has 286 valence electrons. The Labute approximate surface area is 324 Å². The Kier molecular flexibility index (Phi) is 10.1. The van der Waals surface area contributed by atoms with Crippen molar-refractivity contribution in [3.8, 4) is 11.8 Å². The summed E-state index contributed by atoms with van der Waals surface area (Å²) in [5.74, 6) is -1.63. The molecule has 3 aliphatic heterocycles. The van der Waals surface area contributed by atoms with Crippen molar-refractivity contribution in [2.45, 2.75) is 58.7 Å². The zero-order valence-electron chi connectivity index (χ0n) is 31.3. The highest BCUT2D eigenvalue weighted by molar-refractivity contribution is 6.31. The summed E-state index contributed by atoms with van der Waals surface area (Å²) in [6, 6.07) is 18.7. The Morgan fingerprint density at radius 1 is 0.927 bits per heavy atom. The second-order valence-electron chi connectivity index (χ2n) is 15.8. The fourth-order valence-corrected chi connectivity index (χ4v) is 9.02. The van der Waals surface area contributed by atoms with E-state index >= 15 is 0 Å². The van der Waals surface area contributed by atoms with Gasteiger partial charge in [-0.3, -0.25) is 39.1 Å². The number of nitriles is 1. The van der Waals surface area contributed by atoms with Gasteiger partial charge >= 0.3 is 0 Å². The number of halogens is 1. The molecule has 0 aromatic heterocycles. The second kappa shape index (κ2) is 14.7. The fourth-order valence-electron chi connectivity index (χ4n) is 8.80. The van der Waals surface area contributed by atoms with Gasteiger partial charge in [-0.2, -0.15) is 5.26 Å². The number of nitrogens with zero attached hydrogens (tertiary/aromatic N) is 4. The predicted octanol–water partition coefficient (Wildman–Crippen LogP) is 4.46. The molecule has 14 heteroatoms. The van der Waals surface area contributed by atoms with Gasteiger partial charge in [0.1, 0.15) is 24.0 Å². The molecule has 3 fully saturated rings. The van der Waals surface area contributed by atoms with Gasteiger partial charge in [-0.05, 0) is 61.0 Å². The molecule has 1 atom stereocenters. The van der Waals surface area contributed by atoms with Crippen LogP contribution in [0.5, 0.6) is 5.75 Å². The number of carbonyl (C=O) groups excluding carboxylic acids is 5. The molecule has 1 saturated carbocycles. The average molecular weight is 766 g/mol. The Morgan fingerprint density at radius 3 is 2.27 bits per heavy atom. The summed E-state index contributed by atoms with van der Waals surface area (Å²) in [7, 11) is 0. The molecular weight excluding hydrogens is 722 g/mol. The van der Waals surface area contributed by atoms with E-state index in [9.17, 15) is 29.2 Å². The van der Waals surface area contributed by atoms with Gasteiger partial charge in [-0.1, -0.05) is 39.3 Å². The number of imide groups is 2. The minimum Gasteiger partial charge on any atom is -0.489 e. The van der Waals surface area contributed by atoms with E-state index in [-0.39, 0.29) is 52.9 Å². The van der Waals surface area contributed by atoms with Crippen LogP contribution in [0, 0.1) is 22.2 Å². The van der Waals surface area contributed by atoms with Crippen molar-refractivity contribution >= 4 is 52.5 Å². The molecule has 7 rings (SSSR count). The smallest absolute Gasteiger partial charge is 0.262 e. The van der Waals surface area contributed by atoms with E-state index in [0.29, 0.717) is 34.1 Å². The van der Waals surface area contributed by atoms with E-state index in [4.69, 9.17) is 16.3 Å². The molecular formula is C41H44ClN7O6. The average Bonchev–Trinajstić information content (AvgIpc) is 3.41. The van der Waals surface area contributed by atoms with E-state index < -0.39 is 29.7 Å². The molecule has 4 aliphatic rings. The van der Waals surface area contributed by atoms with Gasteiger partial charge in [0.2, 0.25) is 11.8 Å². The van der Waals surface area contributed by atoms with Crippen molar-refractivity contribution in [3.05, 3.63) is 87.9 Å². The molecule has 3 heterocycles. The number of rotatable bonds is 10. The second-order valence-corrected chi connectivity index (χ2v) is 16.2. The van der Waals surface area contributed by atoms with E-state index in [0.717, 1.165) is 43.3 Å². The minimum atomic E-state index is -0.992. The Hall–Kier alpha value is -5.45. The first-order chi connectivity index (χ1) is 26.2. The molecule has 3 N–H and O–H groups in total. The highest BCUT2D eigenvalue weighted by atomic mass is 35.5. The van der Waals surface area contributed by atoms with Crippen LogP contribution in [-0.2, 0) is 9.59 Å². The maximum atomic E-state index is 13.4. The van der Waals surface area contributed by atoms with Crippen LogP contribution < -0.4 is 25.6 Å². The Bertz CT molecular complexity index is 2090. The Morgan fingerprint density at radius 2 is 1.62 bits per heavy atom. The summed E-state index contributed by atoms with van der Waals surface area (Å²) in [5, 5.41) is 18.4. The monoisotopic (exact) mass is 765 g/mol. The van der Waals surface area contributed by atoms with Gasteiger partial charge in [-0.15, -0.1) is 0 Å². The maximum Gasteiger partial charge on any atom is 0.262 e. The lowest BCUT2D eigenvalue weighted by atomic mass is 9.49. The van der Waals surface area contributed by atoms with E-state index in [1.807, 2.05) is 24.3 Å². The first-order valence-corrected chi connectivity index (χ1v) is 18.9. The SMILES string of the molecule is CC1(C)[C@H](NC(=O)c2ccc(N3CCN(CCNc4ccc5c(c4)C(=O)N(C4CCC(=O)NC4=O)C5=O)CC3)cc2)C(C)(C)[C@H]1Oc1ccc(C#N)c(Cl)c1. The summed E-state index contributed by atoms with van der Waals surface area (Å²) in [5.41, 5.74) is 2.51. The van der Waals surface area contributed by atoms with Crippen molar-refractivity contribution in [2.24, 2.45) is 10.8 Å². The van der Waals surface area contributed by atoms with Crippen molar-refractivity contribution in [3.63, 3.8) is 0 Å². The van der Waals surface area contributed by atoms with Crippen LogP contribution in [0.2, 0.25) is 5.02 Å². The number of carbonyl (C=O) groups is 5. The number of ether oxygens (including phenoxy) is 1. The van der Waals surface area contributed by atoms with Crippen LogP contribution in [0.1, 0.15) is 77.2 Å². The van der Waals surface area contributed by atoms with E-state index in [2.05, 4.69) is 59.5 Å². The van der Waals surface area contributed by atoms with Crippen LogP contribution in [-0.4, -0.2) is 96.8 Å². The highest BCUT2D eigenvalue weighted by Gasteiger charge is 2.64. The first-order valence-electron chi connectivity index (χ1n) is 18.5. The van der Waals surface area contributed by atoms with Crippen molar-refractivity contribution in [1.29, 1.82) is 5.26 Å². The summed E-state index contributed by atoms with van der Waals surface area (Å²) in [6.07, 6.45) is 0.00251. The van der Waals surface area contributed by atoms with Crippen LogP contribution in [0.15, 0.2) is 60.7 Å². The predicted molar refractivity (Wildman–Crippen MR) is 206 cm³/mol. The van der Waals surface area contributed by atoms with Gasteiger partial charge in [0.05, 0.1) is 21.7 Å². The quantitative estimate of drug-likeness (QED) is 0.251. The molecule has 0 spiro atoms. The standard InChI is InChI=1S/C41H44ClN7O6/c1-40(2)38(41(3,4)39(40)55-28-11-7-25(23-43)31(42)22-28)46-34(51)24-5-9-27(10-6-24)48-19-17-47(18-20-48)16-15-44-26-8-12-29-30(21-26)37(54)49(36(29)53)32-13-14-33(50)45-35(32)52/h5-12,21-22,32,38-39,44H,13-20H2,1-4H3,(H,46,51)(H,45,50,52)/t32?,38-,39-. The molecule has 2 saturated heterocycles. The molecule has 0 radical (unpaired) electrons. The van der Waals surface area contributed by atoms with Gasteiger partial charge in [0, 0.05) is 85.6 Å². The van der Waals surface area contributed by atoms with Crippen LogP contribution >= 0.6 is 11.6 Å². The summed E-state index contributed by atoms with van der Waals surface area (Å²) in [4.78, 5) is 69.1. The van der Waals surface area contributed by atoms with Gasteiger partial charge < -0.3 is 20.3 Å². The summed E-state index contributed by atoms with van der Waals surface area (Å²) >= 11 is 6.23. The third-order valence-corrected chi connectivity index (χ3v) is 11.8. The number of hydrogen-bond acceptors (Lipinski definition) is 10. The topological polar surface area (TPSA) is 164 Å². The summed E-state index contributed by atoms with van der Waals surface area (Å²) in [6.45, 7) is 13.1. The number of hydrogen-bond donors (Lipinski definition) is 3. The normalized spacial score (nSPS) is 23.0. The zero-order valence-corrected chi connectivity index (χ0v) is 32.0. The van der Waals surface area contributed by atoms with Crippen molar-refractivity contribution in [1.82, 2.24) is 20.4 Å². The largest absolute Gasteiger partial charge is 0.489 e. The molecule has 1 aliphatic carbocycles. The molecule has 5 amide bonds. The number of fused-ring (bicyclic) bond motifs is 1. The van der Waals surface area contributed by atoms with Crippen LogP contribution in [0.3, 0.4) is 0 Å². The zero-order chi connectivity index (χ0) is 39.2. The molecule has 1 unspecified atom stereocenters. The lowest BCUT2D eigenvalue weighted by molar-refractivity contribution is -0.164. The van der Waals surface area contributed by atoms with Crippen molar-refractivity contribution in [2.75, 3.05) is 49.5 Å². The summed E-state index contributed by atoms with van der Waals surface area (Å²) < 4.78 is 6.36. The number of amides is 5. The number of nitrogens with one attached hydrogen (secondary N) is 3. The molecule has 3 aromatic carbocycles. The van der Waals surface area contributed by atoms with Gasteiger partial charge in [-0.25, -0.2) is 0 Å². The number of piperidine rings is 1. The third kappa shape index (κ3) is 7.12. The number of piperazine rings is 1. The fraction of sp³-hybridized carbons (Fsp3) is 0.415. The number of benzene rings is 3. The maximum absolute atomic E-state index is 13.4. The first kappa shape index (κ1) is 37.8. The third-order valence-electron chi connectivity index (χ3n) is 11.5. The molecule has 0 bridgehead atoms. The number of anilines is 2. The van der Waals surface area contributed by atoms with Crippen LogP contribution in [0.4, 0.5) is 11.4 Å². The highest BCUT2D eigenvalue weighted by Crippen LogP contribution is 2.55. The molecule has 13 nitrogen and oxygen atoms in total. The van der Waals surface area contributed by atoms with E-state index in [1.54, 1.807) is 36.4 Å². The Balaban J connectivity index is 0.869. The van der Waals surface area contributed by atoms with E-state index in [1.165, 1.54) is 0 Å². The molecule has 3 aromatic rings. The van der Waals surface area contributed by atoms with Crippen LogP contribution in [0.25, 0.3) is 0 Å². The molecule has 55 heavy (non-hydrogen) atoms. The minimum absolute atomic E-state index is 0.0765. The lowest BCUT2D eigenvalue weighted by Crippen LogP contribution is -2.74. The van der Waals surface area contributed by atoms with Gasteiger partial charge in [0.15, 0.2) is 0 Å². The van der Waals surface area contributed by atoms with Gasteiger partial charge in [0.25, 0.3) is 17.7 Å².